The highest BCUT2D eigenvalue weighted by molar-refractivity contribution is 5.84. The van der Waals surface area contributed by atoms with Gasteiger partial charge in [-0.15, -0.1) is 0 Å². The Labute approximate surface area is 108 Å². The maximum atomic E-state index is 12.2. The third-order valence-electron chi connectivity index (χ3n) is 4.41. The Hall–Kier alpha value is -1.06. The largest absolute Gasteiger partial charge is 0.480 e. The average Bonchev–Trinajstić information content (AvgIpc) is 2.37. The second kappa shape index (κ2) is 5.72. The van der Waals surface area contributed by atoms with Gasteiger partial charge in [-0.2, -0.15) is 0 Å². The van der Waals surface area contributed by atoms with Crippen molar-refractivity contribution in [2.45, 2.75) is 70.4 Å². The summed E-state index contributed by atoms with van der Waals surface area (Å²) < 4.78 is 0. The molecule has 1 saturated heterocycles. The van der Waals surface area contributed by atoms with Gasteiger partial charge < -0.3 is 10.0 Å². The molecule has 102 valence electrons. The van der Waals surface area contributed by atoms with Crippen LogP contribution in [0.1, 0.15) is 58.3 Å². The Morgan fingerprint density at radius 3 is 2.56 bits per heavy atom. The Morgan fingerprint density at radius 2 is 1.89 bits per heavy atom. The van der Waals surface area contributed by atoms with E-state index < -0.39 is 12.0 Å². The Balaban J connectivity index is 2.18. The predicted molar refractivity (Wildman–Crippen MR) is 68.2 cm³/mol. The molecule has 3 unspecified atom stereocenters. The van der Waals surface area contributed by atoms with Crippen molar-refractivity contribution < 1.29 is 14.7 Å². The molecule has 1 aliphatic heterocycles. The van der Waals surface area contributed by atoms with E-state index in [1.54, 1.807) is 4.90 Å². The summed E-state index contributed by atoms with van der Waals surface area (Å²) in [6, 6.07) is -0.393. The summed E-state index contributed by atoms with van der Waals surface area (Å²) in [4.78, 5) is 25.3. The molecule has 0 aromatic carbocycles. The monoisotopic (exact) mass is 253 g/mol. The van der Waals surface area contributed by atoms with Crippen molar-refractivity contribution in [1.29, 1.82) is 0 Å². The zero-order chi connectivity index (χ0) is 13.1. The van der Waals surface area contributed by atoms with E-state index in [9.17, 15) is 14.7 Å². The first-order chi connectivity index (χ1) is 8.65. The van der Waals surface area contributed by atoms with Gasteiger partial charge in [0, 0.05) is 12.5 Å². The number of likely N-dealkylation sites (tertiary alicyclic amines) is 1. The molecule has 2 fully saturated rings. The van der Waals surface area contributed by atoms with Crippen LogP contribution in [0.15, 0.2) is 0 Å². The van der Waals surface area contributed by atoms with Crippen molar-refractivity contribution in [3.8, 4) is 0 Å². The van der Waals surface area contributed by atoms with Crippen LogP contribution in [0, 0.1) is 5.92 Å². The lowest BCUT2D eigenvalue weighted by Gasteiger charge is -2.47. The minimum absolute atomic E-state index is 0.0431. The Kier molecular flexibility index (Phi) is 4.25. The first kappa shape index (κ1) is 13.4. The molecule has 18 heavy (non-hydrogen) atoms. The van der Waals surface area contributed by atoms with Gasteiger partial charge in [0.1, 0.15) is 6.04 Å². The molecule has 2 rings (SSSR count). The number of rotatable bonds is 3. The highest BCUT2D eigenvalue weighted by Gasteiger charge is 2.43. The highest BCUT2D eigenvalue weighted by atomic mass is 16.4. The van der Waals surface area contributed by atoms with E-state index in [1.165, 1.54) is 6.42 Å². The third kappa shape index (κ3) is 2.52. The van der Waals surface area contributed by atoms with Gasteiger partial charge >= 0.3 is 5.97 Å². The van der Waals surface area contributed by atoms with Crippen molar-refractivity contribution >= 4 is 11.9 Å². The van der Waals surface area contributed by atoms with Crippen LogP contribution in [0.5, 0.6) is 0 Å². The standard InChI is InChI=1S/C14H23NO3/c1-2-5-13(16)15-11-7-4-3-6-10(11)8-9-12(15)14(17)18/h10-12H,2-9H2,1H3,(H,17,18). The number of amides is 1. The zero-order valence-electron chi connectivity index (χ0n) is 11.1. The van der Waals surface area contributed by atoms with Gasteiger partial charge in [-0.1, -0.05) is 19.8 Å². The van der Waals surface area contributed by atoms with Crippen LogP contribution in [0.25, 0.3) is 0 Å². The van der Waals surface area contributed by atoms with Gasteiger partial charge in [-0.05, 0) is 38.0 Å². The fourth-order valence-electron chi connectivity index (χ4n) is 3.58. The molecule has 0 aromatic rings. The summed E-state index contributed by atoms with van der Waals surface area (Å²) in [7, 11) is 0. The molecule has 0 radical (unpaired) electrons. The number of carbonyl (C=O) groups excluding carboxylic acids is 1. The van der Waals surface area contributed by atoms with Gasteiger partial charge in [-0.25, -0.2) is 4.79 Å². The van der Waals surface area contributed by atoms with Crippen LogP contribution in [0.3, 0.4) is 0 Å². The topological polar surface area (TPSA) is 57.6 Å². The van der Waals surface area contributed by atoms with Crippen LogP contribution in [0.2, 0.25) is 0 Å². The number of nitrogens with zero attached hydrogens (tertiary/aromatic N) is 1. The van der Waals surface area contributed by atoms with Gasteiger partial charge in [0.05, 0.1) is 0 Å². The summed E-state index contributed by atoms with van der Waals surface area (Å²) in [5.41, 5.74) is 0. The van der Waals surface area contributed by atoms with E-state index in [4.69, 9.17) is 0 Å². The van der Waals surface area contributed by atoms with E-state index in [2.05, 4.69) is 0 Å². The van der Waals surface area contributed by atoms with Crippen LogP contribution >= 0.6 is 0 Å². The molecule has 1 amide bonds. The summed E-state index contributed by atoms with van der Waals surface area (Å²) in [6.45, 7) is 1.97. The lowest BCUT2D eigenvalue weighted by molar-refractivity contribution is -0.158. The second-order valence-corrected chi connectivity index (χ2v) is 5.59. The molecule has 1 saturated carbocycles. The minimum Gasteiger partial charge on any atom is -0.480 e. The minimum atomic E-state index is -0.830. The molecule has 3 atom stereocenters. The van der Waals surface area contributed by atoms with Crippen LogP contribution in [-0.2, 0) is 9.59 Å². The fourth-order valence-corrected chi connectivity index (χ4v) is 3.58. The number of carbonyl (C=O) groups is 2. The van der Waals surface area contributed by atoms with Crippen LogP contribution in [-0.4, -0.2) is 34.0 Å². The molecule has 4 heteroatoms. The zero-order valence-corrected chi connectivity index (χ0v) is 11.1. The number of fused-ring (bicyclic) bond motifs is 1. The summed E-state index contributed by atoms with van der Waals surface area (Å²) in [5.74, 6) is -0.250. The van der Waals surface area contributed by atoms with Crippen molar-refractivity contribution in [1.82, 2.24) is 4.90 Å². The molecule has 1 heterocycles. The second-order valence-electron chi connectivity index (χ2n) is 5.59. The lowest BCUT2D eigenvalue weighted by Crippen LogP contribution is -2.57. The molecule has 0 aromatic heterocycles. The maximum absolute atomic E-state index is 12.2. The number of piperidine rings is 1. The fraction of sp³-hybridized carbons (Fsp3) is 0.857. The molecule has 0 spiro atoms. The van der Waals surface area contributed by atoms with Gasteiger partial charge in [0.15, 0.2) is 0 Å². The van der Waals surface area contributed by atoms with Crippen molar-refractivity contribution in [2.24, 2.45) is 5.92 Å². The van der Waals surface area contributed by atoms with Crippen molar-refractivity contribution in [2.75, 3.05) is 0 Å². The molecule has 0 bridgehead atoms. The lowest BCUT2D eigenvalue weighted by atomic mass is 9.76. The molecule has 2 aliphatic rings. The van der Waals surface area contributed by atoms with Crippen molar-refractivity contribution in [3.63, 3.8) is 0 Å². The quantitative estimate of drug-likeness (QED) is 0.840. The number of hydrogen-bond acceptors (Lipinski definition) is 2. The Morgan fingerprint density at radius 1 is 1.17 bits per heavy atom. The van der Waals surface area contributed by atoms with E-state index >= 15 is 0 Å². The molecular formula is C14H23NO3. The highest BCUT2D eigenvalue weighted by Crippen LogP contribution is 2.38. The molecule has 4 nitrogen and oxygen atoms in total. The number of carboxylic acids is 1. The molecule has 1 aliphatic carbocycles. The van der Waals surface area contributed by atoms with Gasteiger partial charge in [0.25, 0.3) is 0 Å². The SMILES string of the molecule is CCCC(=O)N1C(C(=O)O)CCC2CCCCC21. The number of aliphatic carboxylic acids is 1. The number of hydrogen-bond donors (Lipinski definition) is 1. The normalized spacial score (nSPS) is 31.8. The summed E-state index contributed by atoms with van der Waals surface area (Å²) >= 11 is 0. The Bertz CT molecular complexity index is 329. The third-order valence-corrected chi connectivity index (χ3v) is 4.41. The predicted octanol–water partition coefficient (Wildman–Crippen LogP) is 2.42. The smallest absolute Gasteiger partial charge is 0.326 e. The van der Waals surface area contributed by atoms with Crippen LogP contribution in [0.4, 0.5) is 0 Å². The maximum Gasteiger partial charge on any atom is 0.326 e. The van der Waals surface area contributed by atoms with E-state index in [0.717, 1.165) is 32.1 Å². The van der Waals surface area contributed by atoms with Gasteiger partial charge in [-0.3, -0.25) is 4.79 Å². The number of carboxylic acid groups (broad SMARTS) is 1. The van der Waals surface area contributed by atoms with E-state index in [0.29, 0.717) is 18.8 Å². The van der Waals surface area contributed by atoms with E-state index in [1.807, 2.05) is 6.92 Å². The average molecular weight is 253 g/mol. The summed E-state index contributed by atoms with van der Waals surface area (Å²) in [5, 5.41) is 9.32. The first-order valence-corrected chi connectivity index (χ1v) is 7.19. The van der Waals surface area contributed by atoms with Crippen molar-refractivity contribution in [3.05, 3.63) is 0 Å². The molecular weight excluding hydrogens is 230 g/mol. The van der Waals surface area contributed by atoms with Crippen LogP contribution < -0.4 is 0 Å². The first-order valence-electron chi connectivity index (χ1n) is 7.19. The molecule has 1 N–H and O–H groups in total. The van der Waals surface area contributed by atoms with Gasteiger partial charge in [0.2, 0.25) is 5.91 Å². The van der Waals surface area contributed by atoms with E-state index in [-0.39, 0.29) is 11.9 Å². The summed E-state index contributed by atoms with van der Waals surface area (Å²) in [6.07, 6.45) is 7.38.